The molecule has 2 heterocycles. The number of hydrogen-bond acceptors (Lipinski definition) is 3. The van der Waals surface area contributed by atoms with Crippen LogP contribution >= 0.6 is 0 Å². The number of amides is 2. The van der Waals surface area contributed by atoms with Crippen molar-refractivity contribution in [2.75, 3.05) is 11.4 Å². The van der Waals surface area contributed by atoms with Crippen molar-refractivity contribution in [3.8, 4) is 0 Å². The molecule has 0 unspecified atom stereocenters. The minimum absolute atomic E-state index is 0. The van der Waals surface area contributed by atoms with Gasteiger partial charge in [-0.25, -0.2) is 4.79 Å². The molecule has 0 bridgehead atoms. The van der Waals surface area contributed by atoms with Crippen molar-refractivity contribution >= 4 is 11.7 Å². The van der Waals surface area contributed by atoms with Gasteiger partial charge in [-0.1, -0.05) is 12.6 Å². The summed E-state index contributed by atoms with van der Waals surface area (Å²) in [7, 11) is 0. The summed E-state index contributed by atoms with van der Waals surface area (Å²) < 4.78 is 5.88. The molecule has 0 aliphatic carbocycles. The zero-order valence-corrected chi connectivity index (χ0v) is 14.7. The monoisotopic (exact) mass is 329 g/mol. The Labute approximate surface area is 145 Å². The summed E-state index contributed by atoms with van der Waals surface area (Å²) in [6.45, 7) is 16.1. The van der Waals surface area contributed by atoms with Crippen LogP contribution < -0.4 is 10.2 Å². The van der Waals surface area contributed by atoms with E-state index in [-0.39, 0.29) is 13.1 Å². The van der Waals surface area contributed by atoms with E-state index in [1.807, 2.05) is 26.8 Å². The van der Waals surface area contributed by atoms with Crippen LogP contribution in [0.2, 0.25) is 0 Å². The molecule has 1 aromatic rings. The maximum atomic E-state index is 12.1. The van der Waals surface area contributed by atoms with Crippen LogP contribution in [0.5, 0.6) is 0 Å². The minimum Gasteiger partial charge on any atom is -0.474 e. The van der Waals surface area contributed by atoms with Gasteiger partial charge < -0.3 is 15.0 Å². The number of anilines is 1. The maximum absolute atomic E-state index is 12.1. The molecule has 2 aliphatic rings. The molecule has 1 saturated heterocycles. The standard InChI is InChI=1S/C19H25N3O2.H2/c1-13-8-9-22(18(23)20-13)17-7-6-15-11-21(12-16(15)10-17)14(2)24-19(3,4)5;/h6-7,10H,1-2,8-9,11-12H2,3-5H3,(H,20,23);1H. The van der Waals surface area contributed by atoms with Crippen molar-refractivity contribution in [1.29, 1.82) is 0 Å². The van der Waals surface area contributed by atoms with Crippen LogP contribution in [-0.4, -0.2) is 23.1 Å². The van der Waals surface area contributed by atoms with E-state index in [9.17, 15) is 4.79 Å². The third kappa shape index (κ3) is 3.40. The molecule has 130 valence electrons. The number of nitrogens with zero attached hydrogens (tertiary/aromatic N) is 2. The molecule has 5 nitrogen and oxygen atoms in total. The topological polar surface area (TPSA) is 44.8 Å². The number of benzene rings is 1. The lowest BCUT2D eigenvalue weighted by Gasteiger charge is -2.29. The molecule has 1 aromatic carbocycles. The molecule has 0 aromatic heterocycles. The van der Waals surface area contributed by atoms with Crippen molar-refractivity contribution in [2.45, 2.75) is 45.9 Å². The molecule has 0 radical (unpaired) electrons. The van der Waals surface area contributed by atoms with Gasteiger partial charge in [0.25, 0.3) is 0 Å². The van der Waals surface area contributed by atoms with E-state index in [4.69, 9.17) is 4.74 Å². The highest BCUT2D eigenvalue weighted by Gasteiger charge is 2.26. The van der Waals surface area contributed by atoms with E-state index in [2.05, 4.69) is 35.5 Å². The van der Waals surface area contributed by atoms with E-state index in [1.54, 1.807) is 4.90 Å². The molecule has 0 atom stereocenters. The summed E-state index contributed by atoms with van der Waals surface area (Å²) in [6, 6.07) is 6.07. The van der Waals surface area contributed by atoms with E-state index in [0.717, 1.165) is 30.9 Å². The third-order valence-corrected chi connectivity index (χ3v) is 4.17. The number of carbonyl (C=O) groups excluding carboxylic acids is 1. The van der Waals surface area contributed by atoms with Gasteiger partial charge in [0, 0.05) is 38.9 Å². The fourth-order valence-electron chi connectivity index (χ4n) is 3.02. The Balaban J connectivity index is 0.00000225. The largest absolute Gasteiger partial charge is 0.474 e. The molecule has 24 heavy (non-hydrogen) atoms. The summed E-state index contributed by atoms with van der Waals surface area (Å²) in [5.41, 5.74) is 3.90. The molecule has 0 saturated carbocycles. The fraction of sp³-hybridized carbons (Fsp3) is 0.421. The summed E-state index contributed by atoms with van der Waals surface area (Å²) in [5.74, 6) is 0.687. The van der Waals surface area contributed by atoms with E-state index in [0.29, 0.717) is 12.4 Å². The van der Waals surface area contributed by atoms with Crippen LogP contribution in [0.1, 0.15) is 39.7 Å². The number of fused-ring (bicyclic) bond motifs is 1. The average molecular weight is 329 g/mol. The van der Waals surface area contributed by atoms with Crippen LogP contribution in [-0.2, 0) is 17.8 Å². The first-order valence-corrected chi connectivity index (χ1v) is 8.24. The van der Waals surface area contributed by atoms with Gasteiger partial charge >= 0.3 is 6.03 Å². The Kier molecular flexibility index (Phi) is 4.03. The second kappa shape index (κ2) is 5.89. The van der Waals surface area contributed by atoms with Crippen molar-refractivity contribution < 1.29 is 11.0 Å². The second-order valence-electron chi connectivity index (χ2n) is 7.35. The lowest BCUT2D eigenvalue weighted by molar-refractivity contribution is 0.00162. The van der Waals surface area contributed by atoms with Gasteiger partial charge in [0.15, 0.2) is 5.88 Å². The molecule has 2 aliphatic heterocycles. The predicted octanol–water partition coefficient (Wildman–Crippen LogP) is 3.97. The second-order valence-corrected chi connectivity index (χ2v) is 7.35. The van der Waals surface area contributed by atoms with E-state index in [1.165, 1.54) is 11.1 Å². The lowest BCUT2D eigenvalue weighted by atomic mass is 10.1. The lowest BCUT2D eigenvalue weighted by Crippen LogP contribution is -2.45. The van der Waals surface area contributed by atoms with Crippen molar-refractivity contribution in [3.05, 3.63) is 54.1 Å². The van der Waals surface area contributed by atoms with E-state index < -0.39 is 0 Å². The molecule has 2 amide bonds. The summed E-state index contributed by atoms with van der Waals surface area (Å²) in [4.78, 5) is 16.0. The molecule has 3 rings (SSSR count). The number of carbonyl (C=O) groups is 1. The number of rotatable bonds is 3. The maximum Gasteiger partial charge on any atom is 0.326 e. The summed E-state index contributed by atoms with van der Waals surface area (Å²) in [5, 5.41) is 2.80. The number of nitrogens with one attached hydrogen (secondary N) is 1. The first-order valence-electron chi connectivity index (χ1n) is 8.24. The van der Waals surface area contributed by atoms with Crippen LogP contribution in [0.4, 0.5) is 10.5 Å². The van der Waals surface area contributed by atoms with Crippen molar-refractivity contribution in [3.63, 3.8) is 0 Å². The van der Waals surface area contributed by atoms with Crippen molar-refractivity contribution in [2.24, 2.45) is 0 Å². The third-order valence-electron chi connectivity index (χ3n) is 4.17. The Morgan fingerprint density at radius 2 is 2.00 bits per heavy atom. The Hall–Kier alpha value is -2.43. The minimum atomic E-state index is -0.259. The first kappa shape index (κ1) is 16.4. The number of urea groups is 1. The zero-order chi connectivity index (χ0) is 17.5. The SMILES string of the molecule is C=C1CCN(c2ccc3c(c2)CN(C(=C)OC(C)(C)C)C3)C(=O)N1.[HH]. The molecule has 0 spiro atoms. The average Bonchev–Trinajstić information content (AvgIpc) is 2.88. The fourth-order valence-corrected chi connectivity index (χ4v) is 3.02. The normalized spacial score (nSPS) is 17.6. The molecular formula is C19H27N3O2. The van der Waals surface area contributed by atoms with Crippen LogP contribution in [0, 0.1) is 0 Å². The van der Waals surface area contributed by atoms with Gasteiger partial charge in [-0.05, 0) is 50.6 Å². The highest BCUT2D eigenvalue weighted by molar-refractivity contribution is 5.94. The first-order chi connectivity index (χ1) is 11.2. The van der Waals surface area contributed by atoms with Crippen LogP contribution in [0.15, 0.2) is 42.9 Å². The Bertz CT molecular complexity index is 709. The zero-order valence-electron chi connectivity index (χ0n) is 14.7. The molecular weight excluding hydrogens is 302 g/mol. The van der Waals surface area contributed by atoms with Gasteiger partial charge in [-0.2, -0.15) is 0 Å². The smallest absolute Gasteiger partial charge is 0.326 e. The predicted molar refractivity (Wildman–Crippen MR) is 97.4 cm³/mol. The van der Waals surface area contributed by atoms with Crippen LogP contribution in [0.25, 0.3) is 0 Å². The van der Waals surface area contributed by atoms with Gasteiger partial charge in [0.2, 0.25) is 0 Å². The van der Waals surface area contributed by atoms with Gasteiger partial charge in [-0.15, -0.1) is 0 Å². The van der Waals surface area contributed by atoms with Gasteiger partial charge in [-0.3, -0.25) is 4.90 Å². The Morgan fingerprint density at radius 3 is 2.67 bits per heavy atom. The van der Waals surface area contributed by atoms with Gasteiger partial charge in [0.1, 0.15) is 5.60 Å². The quantitative estimate of drug-likeness (QED) is 0.854. The summed E-state index contributed by atoms with van der Waals surface area (Å²) >= 11 is 0. The van der Waals surface area contributed by atoms with Gasteiger partial charge in [0.05, 0.1) is 0 Å². The highest BCUT2D eigenvalue weighted by atomic mass is 16.5. The van der Waals surface area contributed by atoms with E-state index >= 15 is 0 Å². The molecule has 5 heteroatoms. The summed E-state index contributed by atoms with van der Waals surface area (Å²) in [6.07, 6.45) is 0.769. The number of ether oxygens (including phenoxy) is 1. The van der Waals surface area contributed by atoms with Crippen molar-refractivity contribution in [1.82, 2.24) is 10.2 Å². The van der Waals surface area contributed by atoms with Crippen LogP contribution in [0.3, 0.4) is 0 Å². The molecule has 1 fully saturated rings. The molecule has 1 N–H and O–H groups in total. The Morgan fingerprint density at radius 1 is 1.29 bits per heavy atom. The number of hydrogen-bond donors (Lipinski definition) is 1. The highest BCUT2D eigenvalue weighted by Crippen LogP contribution is 2.31.